The predicted octanol–water partition coefficient (Wildman–Crippen LogP) is 2.77. The van der Waals surface area contributed by atoms with Gasteiger partial charge >= 0.3 is 6.18 Å². The molecule has 1 unspecified atom stereocenters. The minimum Gasteiger partial charge on any atom is -0.300 e. The number of nitrogens with zero attached hydrogens (tertiary/aromatic N) is 1. The van der Waals surface area contributed by atoms with E-state index >= 15 is 0 Å². The lowest BCUT2D eigenvalue weighted by atomic mass is 9.89. The molecular formula is C12H18F3NO. The molecule has 98 valence electrons. The van der Waals surface area contributed by atoms with Crippen molar-refractivity contribution in [2.24, 2.45) is 5.92 Å². The molecule has 0 aromatic heterocycles. The van der Waals surface area contributed by atoms with E-state index in [9.17, 15) is 18.0 Å². The molecule has 0 amide bonds. The highest BCUT2D eigenvalue weighted by Gasteiger charge is 2.43. The fraction of sp³-hybridized carbons (Fsp3) is 0.917. The van der Waals surface area contributed by atoms with Crippen molar-refractivity contribution in [3.05, 3.63) is 0 Å². The highest BCUT2D eigenvalue weighted by Crippen LogP contribution is 2.35. The van der Waals surface area contributed by atoms with Gasteiger partial charge in [0.1, 0.15) is 5.78 Å². The molecule has 1 atom stereocenters. The van der Waals surface area contributed by atoms with E-state index in [0.29, 0.717) is 19.3 Å². The average Bonchev–Trinajstić information content (AvgIpc) is 2.29. The number of hydrogen-bond donors (Lipinski definition) is 0. The van der Waals surface area contributed by atoms with Crippen LogP contribution in [-0.4, -0.2) is 36.0 Å². The Hall–Kier alpha value is -0.580. The van der Waals surface area contributed by atoms with Crippen LogP contribution < -0.4 is 0 Å². The third-order valence-electron chi connectivity index (χ3n) is 3.94. The maximum absolute atomic E-state index is 12.7. The molecule has 0 bridgehead atoms. The third-order valence-corrected chi connectivity index (χ3v) is 3.94. The van der Waals surface area contributed by atoms with Crippen molar-refractivity contribution in [3.63, 3.8) is 0 Å². The fourth-order valence-electron chi connectivity index (χ4n) is 2.89. The summed E-state index contributed by atoms with van der Waals surface area (Å²) >= 11 is 0. The number of rotatable bonds is 1. The first-order valence-electron chi connectivity index (χ1n) is 6.29. The topological polar surface area (TPSA) is 20.3 Å². The Morgan fingerprint density at radius 1 is 1.12 bits per heavy atom. The van der Waals surface area contributed by atoms with E-state index in [0.717, 1.165) is 19.4 Å². The van der Waals surface area contributed by atoms with E-state index in [-0.39, 0.29) is 24.8 Å². The zero-order valence-corrected chi connectivity index (χ0v) is 9.80. The van der Waals surface area contributed by atoms with Gasteiger partial charge in [-0.3, -0.25) is 9.69 Å². The SMILES string of the molecule is O=C1CCC(N2CCCC(C(F)(F)F)C2)CC1. The average molecular weight is 249 g/mol. The second-order valence-electron chi connectivity index (χ2n) is 5.15. The van der Waals surface area contributed by atoms with Gasteiger partial charge in [-0.15, -0.1) is 0 Å². The lowest BCUT2D eigenvalue weighted by Crippen LogP contribution is -2.47. The summed E-state index contributed by atoms with van der Waals surface area (Å²) in [6, 6.07) is 0.192. The summed E-state index contributed by atoms with van der Waals surface area (Å²) in [5, 5.41) is 0. The number of alkyl halides is 3. The van der Waals surface area contributed by atoms with Gasteiger partial charge in [0.2, 0.25) is 0 Å². The highest BCUT2D eigenvalue weighted by atomic mass is 19.4. The van der Waals surface area contributed by atoms with Crippen LogP contribution in [0.2, 0.25) is 0 Å². The minimum atomic E-state index is -4.07. The zero-order valence-electron chi connectivity index (χ0n) is 9.80. The number of Topliss-reactive ketones (excluding diaryl/α,β-unsaturated/α-hetero) is 1. The monoisotopic (exact) mass is 249 g/mol. The molecule has 5 heteroatoms. The second-order valence-corrected chi connectivity index (χ2v) is 5.15. The fourth-order valence-corrected chi connectivity index (χ4v) is 2.89. The third kappa shape index (κ3) is 3.21. The molecule has 1 saturated carbocycles. The predicted molar refractivity (Wildman–Crippen MR) is 57.6 cm³/mol. The molecule has 2 fully saturated rings. The van der Waals surface area contributed by atoms with Gasteiger partial charge in [0.25, 0.3) is 0 Å². The first kappa shape index (κ1) is 12.9. The number of carbonyl (C=O) groups is 1. The van der Waals surface area contributed by atoms with Crippen LogP contribution in [0.25, 0.3) is 0 Å². The molecule has 1 saturated heterocycles. The lowest BCUT2D eigenvalue weighted by molar-refractivity contribution is -0.189. The second kappa shape index (κ2) is 4.96. The standard InChI is InChI=1S/C12H18F3NO/c13-12(14,15)9-2-1-7-16(8-9)10-3-5-11(17)6-4-10/h9-10H,1-8H2. The van der Waals surface area contributed by atoms with E-state index in [1.165, 1.54) is 0 Å². The molecule has 0 spiro atoms. The van der Waals surface area contributed by atoms with Crippen molar-refractivity contribution in [3.8, 4) is 0 Å². The normalized spacial score (nSPS) is 29.6. The Morgan fingerprint density at radius 2 is 1.76 bits per heavy atom. The largest absolute Gasteiger partial charge is 0.393 e. The molecule has 0 aromatic carbocycles. The molecule has 2 nitrogen and oxygen atoms in total. The zero-order chi connectivity index (χ0) is 12.5. The number of carbonyl (C=O) groups excluding carboxylic acids is 1. The van der Waals surface area contributed by atoms with E-state index in [1.807, 2.05) is 4.90 Å². The molecule has 1 aliphatic carbocycles. The van der Waals surface area contributed by atoms with Crippen molar-refractivity contribution in [2.75, 3.05) is 13.1 Å². The lowest BCUT2D eigenvalue weighted by Gasteiger charge is -2.40. The summed E-state index contributed by atoms with van der Waals surface area (Å²) < 4.78 is 38.0. The van der Waals surface area contributed by atoms with Crippen molar-refractivity contribution >= 4 is 5.78 Å². The molecule has 17 heavy (non-hydrogen) atoms. The number of hydrogen-bond acceptors (Lipinski definition) is 2. The van der Waals surface area contributed by atoms with E-state index in [4.69, 9.17) is 0 Å². The van der Waals surface area contributed by atoms with E-state index < -0.39 is 12.1 Å². The summed E-state index contributed by atoms with van der Waals surface area (Å²) in [5.74, 6) is -0.917. The maximum Gasteiger partial charge on any atom is 0.393 e. The Morgan fingerprint density at radius 3 is 2.35 bits per heavy atom. The molecule has 1 aliphatic heterocycles. The first-order valence-corrected chi connectivity index (χ1v) is 6.29. The summed E-state index contributed by atoms with van der Waals surface area (Å²) in [6.45, 7) is 0.883. The van der Waals surface area contributed by atoms with E-state index in [2.05, 4.69) is 0 Å². The molecule has 2 aliphatic rings. The molecule has 2 rings (SSSR count). The quantitative estimate of drug-likeness (QED) is 0.712. The van der Waals surface area contributed by atoms with Crippen LogP contribution in [0.1, 0.15) is 38.5 Å². The Kier molecular flexibility index (Phi) is 3.76. The highest BCUT2D eigenvalue weighted by molar-refractivity contribution is 5.79. The number of ketones is 1. The van der Waals surface area contributed by atoms with Gasteiger partial charge in [-0.1, -0.05) is 0 Å². The van der Waals surface area contributed by atoms with Crippen LogP contribution in [0.4, 0.5) is 13.2 Å². The summed E-state index contributed by atoms with van der Waals surface area (Å²) in [4.78, 5) is 13.1. The Bertz CT molecular complexity index is 280. The molecular weight excluding hydrogens is 231 g/mol. The van der Waals surface area contributed by atoms with E-state index in [1.54, 1.807) is 0 Å². The number of halogens is 3. The molecule has 1 heterocycles. The maximum atomic E-state index is 12.7. The molecule has 0 radical (unpaired) electrons. The van der Waals surface area contributed by atoms with Crippen LogP contribution in [0.3, 0.4) is 0 Å². The van der Waals surface area contributed by atoms with Gasteiger partial charge in [-0.2, -0.15) is 13.2 Å². The van der Waals surface area contributed by atoms with Crippen LogP contribution >= 0.6 is 0 Å². The van der Waals surface area contributed by atoms with Gasteiger partial charge in [0.15, 0.2) is 0 Å². The minimum absolute atomic E-state index is 0.127. The van der Waals surface area contributed by atoms with Gasteiger partial charge < -0.3 is 0 Å². The van der Waals surface area contributed by atoms with Crippen LogP contribution in [0.15, 0.2) is 0 Å². The molecule has 0 aromatic rings. The van der Waals surface area contributed by atoms with Crippen LogP contribution in [-0.2, 0) is 4.79 Å². The summed E-state index contributed by atoms with van der Waals surface area (Å²) in [6.07, 6.45) is -0.633. The van der Waals surface area contributed by atoms with Crippen molar-refractivity contribution in [2.45, 2.75) is 50.7 Å². The smallest absolute Gasteiger partial charge is 0.300 e. The van der Waals surface area contributed by atoms with Crippen LogP contribution in [0, 0.1) is 5.92 Å². The summed E-state index contributed by atoms with van der Waals surface area (Å²) in [7, 11) is 0. The van der Waals surface area contributed by atoms with Crippen molar-refractivity contribution in [1.29, 1.82) is 0 Å². The Balaban J connectivity index is 1.91. The van der Waals surface area contributed by atoms with Gasteiger partial charge in [-0.25, -0.2) is 0 Å². The molecule has 0 N–H and O–H groups in total. The van der Waals surface area contributed by atoms with Gasteiger partial charge in [0.05, 0.1) is 5.92 Å². The first-order chi connectivity index (χ1) is 7.97. The summed E-state index contributed by atoms with van der Waals surface area (Å²) in [5.41, 5.74) is 0. The van der Waals surface area contributed by atoms with Crippen molar-refractivity contribution in [1.82, 2.24) is 4.90 Å². The van der Waals surface area contributed by atoms with Gasteiger partial charge in [-0.05, 0) is 32.2 Å². The number of piperidine rings is 1. The van der Waals surface area contributed by atoms with Crippen molar-refractivity contribution < 1.29 is 18.0 Å². The number of likely N-dealkylation sites (tertiary alicyclic amines) is 1. The van der Waals surface area contributed by atoms with Crippen LogP contribution in [0.5, 0.6) is 0 Å². The van der Waals surface area contributed by atoms with Gasteiger partial charge in [0, 0.05) is 25.4 Å². The Labute approximate surface area is 99.2 Å².